The summed E-state index contributed by atoms with van der Waals surface area (Å²) in [5.41, 5.74) is 5.57. The van der Waals surface area contributed by atoms with Crippen molar-refractivity contribution in [1.29, 1.82) is 0 Å². The second kappa shape index (κ2) is 7.61. The van der Waals surface area contributed by atoms with E-state index < -0.39 is 0 Å². The number of amides is 1. The van der Waals surface area contributed by atoms with Crippen LogP contribution in [0.4, 0.5) is 0 Å². The van der Waals surface area contributed by atoms with Gasteiger partial charge in [-0.05, 0) is 31.5 Å². The van der Waals surface area contributed by atoms with Crippen LogP contribution < -0.4 is 15.8 Å². The highest BCUT2D eigenvalue weighted by Crippen LogP contribution is 2.27. The molecule has 0 heterocycles. The number of carbonyl (C=O) groups excluding carboxylic acids is 1. The van der Waals surface area contributed by atoms with Gasteiger partial charge in [0.15, 0.2) is 6.61 Å². The highest BCUT2D eigenvalue weighted by molar-refractivity contribution is 9.10. The van der Waals surface area contributed by atoms with Gasteiger partial charge in [0.2, 0.25) is 0 Å². The molecule has 1 atom stereocenters. The van der Waals surface area contributed by atoms with Crippen LogP contribution in [0.25, 0.3) is 0 Å². The van der Waals surface area contributed by atoms with Crippen LogP contribution >= 0.6 is 27.5 Å². The van der Waals surface area contributed by atoms with Gasteiger partial charge < -0.3 is 15.8 Å². The fourth-order valence-corrected chi connectivity index (χ4v) is 1.95. The third kappa shape index (κ3) is 5.71. The predicted octanol–water partition coefficient (Wildman–Crippen LogP) is 2.33. The molecule has 0 aromatic heterocycles. The van der Waals surface area contributed by atoms with Gasteiger partial charge in [0, 0.05) is 17.1 Å². The molecule has 1 aromatic carbocycles. The van der Waals surface area contributed by atoms with Crippen LogP contribution in [0, 0.1) is 0 Å². The van der Waals surface area contributed by atoms with Crippen molar-refractivity contribution in [2.45, 2.75) is 19.4 Å². The zero-order chi connectivity index (χ0) is 13.5. The van der Waals surface area contributed by atoms with Crippen LogP contribution in [-0.2, 0) is 4.79 Å². The Kier molecular flexibility index (Phi) is 6.46. The minimum absolute atomic E-state index is 0.0553. The Morgan fingerprint density at radius 2 is 2.33 bits per heavy atom. The summed E-state index contributed by atoms with van der Waals surface area (Å²) in [5.74, 6) is 0.303. The van der Waals surface area contributed by atoms with E-state index in [1.54, 1.807) is 18.2 Å². The monoisotopic (exact) mass is 334 g/mol. The second-order valence-corrected chi connectivity index (χ2v) is 5.30. The topological polar surface area (TPSA) is 64.3 Å². The smallest absolute Gasteiger partial charge is 0.257 e. The second-order valence-electron chi connectivity index (χ2n) is 3.98. The Labute approximate surface area is 120 Å². The summed E-state index contributed by atoms with van der Waals surface area (Å²) in [6.07, 6.45) is 0.741. The first-order valence-corrected chi connectivity index (χ1v) is 6.76. The highest BCUT2D eigenvalue weighted by atomic mass is 79.9. The maximum atomic E-state index is 11.4. The molecule has 6 heteroatoms. The lowest BCUT2D eigenvalue weighted by atomic mass is 10.2. The molecule has 1 unspecified atom stereocenters. The number of carbonyl (C=O) groups is 1. The van der Waals surface area contributed by atoms with Gasteiger partial charge in [-0.15, -0.1) is 0 Å². The van der Waals surface area contributed by atoms with Crippen LogP contribution in [0.1, 0.15) is 13.3 Å². The Hall–Kier alpha value is -0.780. The summed E-state index contributed by atoms with van der Waals surface area (Å²) in [6.45, 7) is 2.39. The first-order valence-electron chi connectivity index (χ1n) is 5.59. The molecule has 18 heavy (non-hydrogen) atoms. The molecule has 3 N–H and O–H groups in total. The molecular formula is C12H16BrClN2O2. The van der Waals surface area contributed by atoms with E-state index in [4.69, 9.17) is 22.1 Å². The third-order valence-corrected chi connectivity index (χ3v) is 2.96. The minimum atomic E-state index is -0.186. The van der Waals surface area contributed by atoms with Crippen molar-refractivity contribution >= 4 is 33.4 Å². The predicted molar refractivity (Wildman–Crippen MR) is 75.9 cm³/mol. The van der Waals surface area contributed by atoms with Gasteiger partial charge in [-0.3, -0.25) is 4.79 Å². The summed E-state index contributed by atoms with van der Waals surface area (Å²) in [5, 5.41) is 3.18. The maximum absolute atomic E-state index is 11.4. The lowest BCUT2D eigenvalue weighted by molar-refractivity contribution is -0.123. The quantitative estimate of drug-likeness (QED) is 0.838. The number of rotatable bonds is 6. The van der Waals surface area contributed by atoms with E-state index in [-0.39, 0.29) is 18.6 Å². The Morgan fingerprint density at radius 1 is 1.61 bits per heavy atom. The van der Waals surface area contributed by atoms with Crippen molar-refractivity contribution in [3.05, 3.63) is 27.7 Å². The zero-order valence-electron chi connectivity index (χ0n) is 10.1. The molecule has 1 amide bonds. The van der Waals surface area contributed by atoms with Gasteiger partial charge in [-0.25, -0.2) is 0 Å². The molecule has 1 rings (SSSR count). The molecule has 0 aliphatic heterocycles. The number of nitrogens with two attached hydrogens (primary N) is 1. The molecule has 0 saturated carbocycles. The molecule has 0 aliphatic rings. The molecule has 0 spiro atoms. The fraction of sp³-hybridized carbons (Fsp3) is 0.417. The summed E-state index contributed by atoms with van der Waals surface area (Å²) in [4.78, 5) is 11.4. The molecule has 0 aliphatic carbocycles. The summed E-state index contributed by atoms with van der Waals surface area (Å²) < 4.78 is 6.18. The summed E-state index contributed by atoms with van der Waals surface area (Å²) >= 11 is 9.25. The van der Waals surface area contributed by atoms with Gasteiger partial charge in [0.05, 0.1) is 5.02 Å². The SMILES string of the molecule is CC(N)CCNC(=O)COc1ccc(Br)cc1Cl. The van der Waals surface area contributed by atoms with E-state index in [9.17, 15) is 4.79 Å². The molecular weight excluding hydrogens is 320 g/mol. The average Bonchev–Trinajstić information content (AvgIpc) is 2.27. The molecule has 100 valence electrons. The van der Waals surface area contributed by atoms with Gasteiger partial charge in [-0.1, -0.05) is 27.5 Å². The van der Waals surface area contributed by atoms with E-state index >= 15 is 0 Å². The number of halogens is 2. The zero-order valence-corrected chi connectivity index (χ0v) is 12.4. The highest BCUT2D eigenvalue weighted by Gasteiger charge is 2.06. The maximum Gasteiger partial charge on any atom is 0.257 e. The number of ether oxygens (including phenoxy) is 1. The normalized spacial score (nSPS) is 12.0. The molecule has 0 radical (unpaired) electrons. The number of nitrogens with one attached hydrogen (secondary N) is 1. The van der Waals surface area contributed by atoms with Crippen LogP contribution in [0.5, 0.6) is 5.75 Å². The van der Waals surface area contributed by atoms with Crippen LogP contribution in [0.3, 0.4) is 0 Å². The average molecular weight is 336 g/mol. The number of benzene rings is 1. The number of hydrogen-bond donors (Lipinski definition) is 2. The van der Waals surface area contributed by atoms with Gasteiger partial charge in [-0.2, -0.15) is 0 Å². The molecule has 4 nitrogen and oxygen atoms in total. The fourth-order valence-electron chi connectivity index (χ4n) is 1.23. The van der Waals surface area contributed by atoms with Gasteiger partial charge in [0.25, 0.3) is 5.91 Å². The Morgan fingerprint density at radius 3 is 2.94 bits per heavy atom. The molecule has 0 fully saturated rings. The number of hydrogen-bond acceptors (Lipinski definition) is 3. The molecule has 1 aromatic rings. The van der Waals surface area contributed by atoms with E-state index in [1.807, 2.05) is 6.92 Å². The van der Waals surface area contributed by atoms with Crippen molar-refractivity contribution in [3.63, 3.8) is 0 Å². The van der Waals surface area contributed by atoms with Crippen LogP contribution in [-0.4, -0.2) is 25.1 Å². The molecule has 0 saturated heterocycles. The summed E-state index contributed by atoms with van der Waals surface area (Å²) in [7, 11) is 0. The van der Waals surface area contributed by atoms with Crippen molar-refractivity contribution in [1.82, 2.24) is 5.32 Å². The largest absolute Gasteiger partial charge is 0.482 e. The third-order valence-electron chi connectivity index (χ3n) is 2.17. The first-order chi connectivity index (χ1) is 8.49. The first kappa shape index (κ1) is 15.3. The van der Waals surface area contributed by atoms with Crippen LogP contribution in [0.15, 0.2) is 22.7 Å². The lowest BCUT2D eigenvalue weighted by Crippen LogP contribution is -2.32. The van der Waals surface area contributed by atoms with Crippen molar-refractivity contribution in [2.75, 3.05) is 13.2 Å². The van der Waals surface area contributed by atoms with E-state index in [2.05, 4.69) is 21.2 Å². The van der Waals surface area contributed by atoms with Crippen molar-refractivity contribution in [2.24, 2.45) is 5.73 Å². The molecule has 0 bridgehead atoms. The summed E-state index contributed by atoms with van der Waals surface area (Å²) in [6, 6.07) is 5.30. The van der Waals surface area contributed by atoms with Gasteiger partial charge >= 0.3 is 0 Å². The van der Waals surface area contributed by atoms with Gasteiger partial charge in [0.1, 0.15) is 5.75 Å². The van der Waals surface area contributed by atoms with Crippen LogP contribution in [0.2, 0.25) is 5.02 Å². The minimum Gasteiger partial charge on any atom is -0.482 e. The van der Waals surface area contributed by atoms with E-state index in [1.165, 1.54) is 0 Å². The van der Waals surface area contributed by atoms with E-state index in [0.29, 0.717) is 17.3 Å². The van der Waals surface area contributed by atoms with Crippen molar-refractivity contribution in [3.8, 4) is 5.75 Å². The van der Waals surface area contributed by atoms with E-state index in [0.717, 1.165) is 10.9 Å². The lowest BCUT2D eigenvalue weighted by Gasteiger charge is -2.09. The Bertz CT molecular complexity index is 413. The Balaban J connectivity index is 2.33. The standard InChI is InChI=1S/C12H16BrClN2O2/c1-8(15)4-5-16-12(17)7-18-11-3-2-9(13)6-10(11)14/h2-3,6,8H,4-5,7,15H2,1H3,(H,16,17). The van der Waals surface area contributed by atoms with Crippen molar-refractivity contribution < 1.29 is 9.53 Å².